The van der Waals surface area contributed by atoms with Crippen LogP contribution in [0.5, 0.6) is 0 Å². The van der Waals surface area contributed by atoms with Crippen LogP contribution >= 0.6 is 11.8 Å². The minimum Gasteiger partial charge on any atom is -0.443 e. The number of amides is 2. The molecule has 9 heteroatoms. The number of nitrogens with one attached hydrogen (secondary N) is 1. The van der Waals surface area contributed by atoms with Gasteiger partial charge in [-0.15, -0.1) is 0 Å². The Labute approximate surface area is 148 Å². The van der Waals surface area contributed by atoms with Gasteiger partial charge in [-0.05, 0) is 24.1 Å². The lowest BCUT2D eigenvalue weighted by Gasteiger charge is -2.24. The van der Waals surface area contributed by atoms with Crippen LogP contribution in [0.2, 0.25) is 0 Å². The zero-order valence-electron chi connectivity index (χ0n) is 13.9. The first-order valence-corrected chi connectivity index (χ1v) is 8.81. The SMILES string of the molecule is CC(C)C1SC(c2ccc(N3CC(CN)OC3=O)cc2F)=NNC1=O. The van der Waals surface area contributed by atoms with Crippen LogP contribution in [-0.2, 0) is 9.53 Å². The van der Waals surface area contributed by atoms with E-state index in [1.165, 1.54) is 22.7 Å². The molecule has 2 unspecified atom stereocenters. The average molecular weight is 366 g/mol. The first-order chi connectivity index (χ1) is 11.9. The third kappa shape index (κ3) is 3.47. The predicted molar refractivity (Wildman–Crippen MR) is 94.0 cm³/mol. The van der Waals surface area contributed by atoms with E-state index in [0.717, 1.165) is 0 Å². The van der Waals surface area contributed by atoms with Gasteiger partial charge in [0, 0.05) is 12.1 Å². The lowest BCUT2D eigenvalue weighted by molar-refractivity contribution is -0.121. The zero-order chi connectivity index (χ0) is 18.1. The molecule has 1 aromatic rings. The van der Waals surface area contributed by atoms with Crippen LogP contribution in [0, 0.1) is 11.7 Å². The molecular formula is C16H19FN4O3S. The maximum atomic E-state index is 14.6. The predicted octanol–water partition coefficient (Wildman–Crippen LogP) is 1.66. The van der Waals surface area contributed by atoms with Crippen molar-refractivity contribution in [3.05, 3.63) is 29.6 Å². The van der Waals surface area contributed by atoms with Crippen molar-refractivity contribution < 1.29 is 18.7 Å². The van der Waals surface area contributed by atoms with Crippen molar-refractivity contribution in [2.45, 2.75) is 25.2 Å². The van der Waals surface area contributed by atoms with E-state index >= 15 is 0 Å². The first-order valence-electron chi connectivity index (χ1n) is 7.93. The van der Waals surface area contributed by atoms with Crippen LogP contribution < -0.4 is 16.1 Å². The minimum atomic E-state index is -0.542. The van der Waals surface area contributed by atoms with E-state index in [1.54, 1.807) is 12.1 Å². The van der Waals surface area contributed by atoms with Gasteiger partial charge in [-0.3, -0.25) is 9.69 Å². The van der Waals surface area contributed by atoms with Gasteiger partial charge < -0.3 is 10.5 Å². The fraction of sp³-hybridized carbons (Fsp3) is 0.438. The molecule has 0 aromatic heterocycles. The Balaban J connectivity index is 1.83. The van der Waals surface area contributed by atoms with Gasteiger partial charge in [0.2, 0.25) is 0 Å². The number of rotatable bonds is 4. The van der Waals surface area contributed by atoms with Crippen LogP contribution in [0.3, 0.4) is 0 Å². The number of thioether (sulfide) groups is 1. The molecule has 0 bridgehead atoms. The molecule has 2 amide bonds. The molecule has 2 aliphatic rings. The Morgan fingerprint density at radius 3 is 2.84 bits per heavy atom. The molecule has 2 aliphatic heterocycles. The largest absolute Gasteiger partial charge is 0.443 e. The van der Waals surface area contributed by atoms with Crippen molar-refractivity contribution in [1.82, 2.24) is 5.43 Å². The molecule has 0 aliphatic carbocycles. The van der Waals surface area contributed by atoms with Gasteiger partial charge in [-0.1, -0.05) is 25.6 Å². The summed E-state index contributed by atoms with van der Waals surface area (Å²) >= 11 is 1.23. The maximum Gasteiger partial charge on any atom is 0.414 e. The lowest BCUT2D eigenvalue weighted by atomic mass is 10.1. The lowest BCUT2D eigenvalue weighted by Crippen LogP contribution is -2.38. The fourth-order valence-corrected chi connectivity index (χ4v) is 3.70. The van der Waals surface area contributed by atoms with Crippen molar-refractivity contribution in [1.29, 1.82) is 0 Å². The van der Waals surface area contributed by atoms with E-state index in [-0.39, 0.29) is 35.7 Å². The Bertz CT molecular complexity index is 740. The summed E-state index contributed by atoms with van der Waals surface area (Å²) in [6.07, 6.45) is -0.936. The Kier molecular flexibility index (Phi) is 4.96. The number of nitrogens with zero attached hydrogens (tertiary/aromatic N) is 2. The summed E-state index contributed by atoms with van der Waals surface area (Å²) in [6, 6.07) is 4.44. The van der Waals surface area contributed by atoms with Crippen molar-refractivity contribution in [2.24, 2.45) is 16.8 Å². The summed E-state index contributed by atoms with van der Waals surface area (Å²) < 4.78 is 19.7. The van der Waals surface area contributed by atoms with Crippen molar-refractivity contribution >= 4 is 34.5 Å². The van der Waals surface area contributed by atoms with Gasteiger partial charge in [-0.2, -0.15) is 5.10 Å². The van der Waals surface area contributed by atoms with E-state index in [0.29, 0.717) is 10.7 Å². The van der Waals surface area contributed by atoms with E-state index in [2.05, 4.69) is 10.5 Å². The topological polar surface area (TPSA) is 97.0 Å². The average Bonchev–Trinajstić information content (AvgIpc) is 2.96. The number of halogens is 1. The Morgan fingerprint density at radius 1 is 1.48 bits per heavy atom. The number of benzene rings is 1. The standard InChI is InChI=1S/C16H19FN4O3S/c1-8(2)13-14(22)19-20-15(25-13)11-4-3-9(5-12(11)17)21-7-10(6-18)24-16(21)23/h3-5,8,10,13H,6-7,18H2,1-2H3,(H,19,22). The van der Waals surface area contributed by atoms with Gasteiger partial charge in [0.1, 0.15) is 17.0 Å². The molecule has 0 radical (unpaired) electrons. The molecule has 2 heterocycles. The second-order valence-corrected chi connectivity index (χ2v) is 7.32. The molecule has 1 saturated heterocycles. The van der Waals surface area contributed by atoms with Crippen molar-refractivity contribution in [3.63, 3.8) is 0 Å². The fourth-order valence-electron chi connectivity index (χ4n) is 2.63. The van der Waals surface area contributed by atoms with Crippen LogP contribution in [0.15, 0.2) is 23.3 Å². The molecule has 3 rings (SSSR count). The van der Waals surface area contributed by atoms with Gasteiger partial charge in [0.15, 0.2) is 0 Å². The number of cyclic esters (lactones) is 1. The van der Waals surface area contributed by atoms with E-state index < -0.39 is 18.0 Å². The summed E-state index contributed by atoms with van der Waals surface area (Å²) in [5, 5.41) is 4.04. The number of nitrogens with two attached hydrogens (primary N) is 1. The van der Waals surface area contributed by atoms with Crippen LogP contribution in [-0.4, -0.2) is 41.5 Å². The third-order valence-corrected chi connectivity index (χ3v) is 5.55. The highest BCUT2D eigenvalue weighted by molar-refractivity contribution is 8.15. The molecule has 3 N–H and O–H groups in total. The number of hydrogen-bond donors (Lipinski definition) is 2. The Hall–Kier alpha value is -2.13. The molecule has 25 heavy (non-hydrogen) atoms. The summed E-state index contributed by atoms with van der Waals surface area (Å²) in [7, 11) is 0. The summed E-state index contributed by atoms with van der Waals surface area (Å²) in [6.45, 7) is 4.35. The number of hydrazone groups is 1. The monoisotopic (exact) mass is 366 g/mol. The summed E-state index contributed by atoms with van der Waals surface area (Å²) in [5.41, 5.74) is 8.62. The first kappa shape index (κ1) is 17.7. The zero-order valence-corrected chi connectivity index (χ0v) is 14.7. The van der Waals surface area contributed by atoms with Crippen molar-refractivity contribution in [2.75, 3.05) is 18.0 Å². The highest BCUT2D eigenvalue weighted by atomic mass is 32.2. The van der Waals surface area contributed by atoms with Gasteiger partial charge in [0.25, 0.3) is 5.91 Å². The highest BCUT2D eigenvalue weighted by Gasteiger charge is 2.33. The molecule has 2 atom stereocenters. The smallest absolute Gasteiger partial charge is 0.414 e. The third-order valence-electron chi connectivity index (χ3n) is 4.00. The number of ether oxygens (including phenoxy) is 1. The summed E-state index contributed by atoms with van der Waals surface area (Å²) in [5.74, 6) is -0.620. The molecule has 0 spiro atoms. The van der Waals surface area contributed by atoms with Gasteiger partial charge in [-0.25, -0.2) is 14.6 Å². The highest BCUT2D eigenvalue weighted by Crippen LogP contribution is 2.30. The molecule has 7 nitrogen and oxygen atoms in total. The number of hydrogen-bond acceptors (Lipinski definition) is 6. The number of carbonyl (C=O) groups is 2. The van der Waals surface area contributed by atoms with E-state index in [9.17, 15) is 14.0 Å². The second-order valence-electron chi connectivity index (χ2n) is 6.19. The molecular weight excluding hydrogens is 347 g/mol. The van der Waals surface area contributed by atoms with Crippen molar-refractivity contribution in [3.8, 4) is 0 Å². The van der Waals surface area contributed by atoms with Gasteiger partial charge in [0.05, 0.1) is 17.5 Å². The molecule has 1 aromatic carbocycles. The van der Waals surface area contributed by atoms with Crippen LogP contribution in [0.1, 0.15) is 19.4 Å². The molecule has 0 saturated carbocycles. The second kappa shape index (κ2) is 7.01. The number of carbonyl (C=O) groups excluding carboxylic acids is 2. The van der Waals surface area contributed by atoms with Gasteiger partial charge >= 0.3 is 6.09 Å². The molecule has 1 fully saturated rings. The Morgan fingerprint density at radius 2 is 2.24 bits per heavy atom. The van der Waals surface area contributed by atoms with E-state index in [4.69, 9.17) is 10.5 Å². The van der Waals surface area contributed by atoms with E-state index in [1.807, 2.05) is 13.8 Å². The maximum absolute atomic E-state index is 14.6. The number of anilines is 1. The molecule has 134 valence electrons. The van der Waals surface area contributed by atoms with Crippen LogP contribution in [0.25, 0.3) is 0 Å². The van der Waals surface area contributed by atoms with Crippen LogP contribution in [0.4, 0.5) is 14.9 Å². The minimum absolute atomic E-state index is 0.0883. The normalized spacial score (nSPS) is 23.6. The quantitative estimate of drug-likeness (QED) is 0.845. The summed E-state index contributed by atoms with van der Waals surface area (Å²) in [4.78, 5) is 25.0.